The van der Waals surface area contributed by atoms with Gasteiger partial charge in [-0.15, -0.1) is 0 Å². The van der Waals surface area contributed by atoms with Crippen molar-refractivity contribution in [3.05, 3.63) is 0 Å². The molecule has 5 atom stereocenters. The van der Waals surface area contributed by atoms with Crippen LogP contribution in [-0.2, 0) is 24.0 Å². The molecule has 11 nitrogen and oxygen atoms in total. The molecule has 196 valence electrons. The summed E-state index contributed by atoms with van der Waals surface area (Å²) in [6, 6.07) is -4.17. The first-order chi connectivity index (χ1) is 15.8. The van der Waals surface area contributed by atoms with Crippen molar-refractivity contribution in [2.24, 2.45) is 17.6 Å². The molecule has 7 N–H and O–H groups in total. The first-order valence-electron chi connectivity index (χ1n) is 11.4. The molecule has 0 saturated heterocycles. The van der Waals surface area contributed by atoms with E-state index in [0.717, 1.165) is 0 Å². The van der Waals surface area contributed by atoms with Crippen molar-refractivity contribution in [3.63, 3.8) is 0 Å². The lowest BCUT2D eigenvalue weighted by Gasteiger charge is -2.27. The van der Waals surface area contributed by atoms with Gasteiger partial charge in [0.15, 0.2) is 0 Å². The van der Waals surface area contributed by atoms with Crippen molar-refractivity contribution in [2.45, 2.75) is 84.0 Å². The number of aliphatic carboxylic acids is 2. The summed E-state index contributed by atoms with van der Waals surface area (Å²) in [5.41, 5.74) is 5.75. The van der Waals surface area contributed by atoms with Crippen LogP contribution >= 0.6 is 11.8 Å². The molecule has 5 unspecified atom stereocenters. The molecular weight excluding hydrogens is 464 g/mol. The van der Waals surface area contributed by atoms with Crippen LogP contribution in [0.1, 0.15) is 59.8 Å². The number of rotatable bonds is 17. The number of nitrogens with two attached hydrogens (primary N) is 1. The van der Waals surface area contributed by atoms with Gasteiger partial charge in [-0.3, -0.25) is 19.2 Å². The Hall–Kier alpha value is -2.34. The van der Waals surface area contributed by atoms with Crippen LogP contribution in [0, 0.1) is 11.8 Å². The zero-order valence-electron chi connectivity index (χ0n) is 20.6. The summed E-state index contributed by atoms with van der Waals surface area (Å²) in [7, 11) is 0. The maximum atomic E-state index is 13.0. The van der Waals surface area contributed by atoms with E-state index in [2.05, 4.69) is 16.0 Å². The molecule has 0 rings (SSSR count). The molecule has 0 aromatic rings. The van der Waals surface area contributed by atoms with Crippen molar-refractivity contribution in [1.29, 1.82) is 0 Å². The molecule has 0 radical (unpaired) electrons. The molecule has 3 amide bonds. The molecule has 34 heavy (non-hydrogen) atoms. The van der Waals surface area contributed by atoms with Gasteiger partial charge in [0.05, 0.1) is 6.04 Å². The van der Waals surface area contributed by atoms with Gasteiger partial charge < -0.3 is 31.9 Å². The molecule has 0 aromatic heterocycles. The third-order valence-electron chi connectivity index (χ3n) is 5.37. The second-order valence-corrected chi connectivity index (χ2v) is 9.77. The summed E-state index contributed by atoms with van der Waals surface area (Å²) < 4.78 is 0. The minimum absolute atomic E-state index is 0.0200. The lowest BCUT2D eigenvalue weighted by Crippen LogP contribution is -2.58. The largest absolute Gasteiger partial charge is 0.481 e. The highest BCUT2D eigenvalue weighted by Crippen LogP contribution is 2.11. The van der Waals surface area contributed by atoms with Gasteiger partial charge in [0.25, 0.3) is 0 Å². The minimum Gasteiger partial charge on any atom is -0.481 e. The molecule has 0 aromatic carbocycles. The van der Waals surface area contributed by atoms with Crippen LogP contribution in [-0.4, -0.2) is 76.0 Å². The fraction of sp³-hybridized carbons (Fsp3) is 0.773. The van der Waals surface area contributed by atoms with E-state index in [0.29, 0.717) is 12.2 Å². The zero-order valence-corrected chi connectivity index (χ0v) is 21.4. The lowest BCUT2D eigenvalue weighted by atomic mass is 9.97. The van der Waals surface area contributed by atoms with Crippen LogP contribution < -0.4 is 21.7 Å². The third-order valence-corrected chi connectivity index (χ3v) is 6.01. The van der Waals surface area contributed by atoms with Crippen molar-refractivity contribution in [3.8, 4) is 0 Å². The second-order valence-electron chi connectivity index (χ2n) is 8.78. The van der Waals surface area contributed by atoms with Gasteiger partial charge in [-0.2, -0.15) is 11.8 Å². The molecule has 0 spiro atoms. The van der Waals surface area contributed by atoms with Gasteiger partial charge >= 0.3 is 11.9 Å². The fourth-order valence-electron chi connectivity index (χ4n) is 3.11. The van der Waals surface area contributed by atoms with Crippen molar-refractivity contribution < 1.29 is 34.2 Å². The van der Waals surface area contributed by atoms with Crippen LogP contribution in [0.5, 0.6) is 0 Å². The molecular formula is C22H40N4O7S. The molecule has 12 heteroatoms. The predicted octanol–water partition coefficient (Wildman–Crippen LogP) is 0.563. The Morgan fingerprint density at radius 3 is 1.91 bits per heavy atom. The number of nitrogens with one attached hydrogen (secondary N) is 3. The van der Waals surface area contributed by atoms with Crippen molar-refractivity contribution in [2.75, 3.05) is 12.0 Å². The Kier molecular flexibility index (Phi) is 15.2. The van der Waals surface area contributed by atoms with Crippen LogP contribution in [0.2, 0.25) is 0 Å². The normalized spacial score (nSPS) is 15.5. The highest BCUT2D eigenvalue weighted by atomic mass is 32.2. The van der Waals surface area contributed by atoms with E-state index < -0.39 is 53.8 Å². The second kappa shape index (κ2) is 16.3. The van der Waals surface area contributed by atoms with E-state index in [9.17, 15) is 29.1 Å². The summed E-state index contributed by atoms with van der Waals surface area (Å²) in [6.07, 6.45) is 2.56. The average molecular weight is 505 g/mol. The Labute approximate surface area is 205 Å². The maximum Gasteiger partial charge on any atom is 0.326 e. The van der Waals surface area contributed by atoms with Crippen LogP contribution in [0.4, 0.5) is 0 Å². The van der Waals surface area contributed by atoms with Gasteiger partial charge in [0.2, 0.25) is 17.7 Å². The lowest BCUT2D eigenvalue weighted by molar-refractivity contribution is -0.144. The standard InChI is InChI=1S/C22H40N4O7S/c1-6-13(4)18(22(32)33)26-21(31)16(11-12(2)3)25-20(30)15(9-10-34-5)24-19(29)14(23)7-8-17(27)28/h12-16,18H,6-11,23H2,1-5H3,(H,24,29)(H,25,30)(H,26,31)(H,27,28)(H,32,33). The topological polar surface area (TPSA) is 188 Å². The van der Waals surface area contributed by atoms with E-state index in [1.165, 1.54) is 11.8 Å². The van der Waals surface area contributed by atoms with Crippen LogP contribution in [0.15, 0.2) is 0 Å². The Morgan fingerprint density at radius 2 is 1.44 bits per heavy atom. The fourth-order valence-corrected chi connectivity index (χ4v) is 3.58. The smallest absolute Gasteiger partial charge is 0.326 e. The predicted molar refractivity (Wildman–Crippen MR) is 130 cm³/mol. The number of carboxylic acid groups (broad SMARTS) is 2. The van der Waals surface area contributed by atoms with Gasteiger partial charge in [-0.05, 0) is 43.1 Å². The number of hydrogen-bond donors (Lipinski definition) is 6. The van der Waals surface area contributed by atoms with Crippen LogP contribution in [0.25, 0.3) is 0 Å². The van der Waals surface area contributed by atoms with Crippen molar-refractivity contribution >= 4 is 41.4 Å². The first kappa shape index (κ1) is 31.7. The molecule has 0 saturated carbocycles. The zero-order chi connectivity index (χ0) is 26.4. The van der Waals surface area contributed by atoms with Gasteiger partial charge in [0, 0.05) is 6.42 Å². The highest BCUT2D eigenvalue weighted by molar-refractivity contribution is 7.98. The van der Waals surface area contributed by atoms with Gasteiger partial charge in [-0.25, -0.2) is 4.79 Å². The van der Waals surface area contributed by atoms with Crippen LogP contribution in [0.3, 0.4) is 0 Å². The summed E-state index contributed by atoms with van der Waals surface area (Å²) in [4.78, 5) is 60.7. The number of carboxylic acids is 2. The SMILES string of the molecule is CCC(C)C(NC(=O)C(CC(C)C)NC(=O)C(CCSC)NC(=O)C(N)CCC(=O)O)C(=O)O. The average Bonchev–Trinajstić information content (AvgIpc) is 2.76. The van der Waals surface area contributed by atoms with Crippen molar-refractivity contribution in [1.82, 2.24) is 16.0 Å². The molecule has 0 aliphatic carbocycles. The first-order valence-corrected chi connectivity index (χ1v) is 12.8. The van der Waals surface area contributed by atoms with E-state index >= 15 is 0 Å². The third kappa shape index (κ3) is 12.2. The summed E-state index contributed by atoms with van der Waals surface area (Å²) >= 11 is 1.47. The van der Waals surface area contributed by atoms with Gasteiger partial charge in [-0.1, -0.05) is 34.1 Å². The number of hydrogen-bond acceptors (Lipinski definition) is 7. The summed E-state index contributed by atoms with van der Waals surface area (Å²) in [5, 5.41) is 26.0. The van der Waals surface area contributed by atoms with E-state index in [1.807, 2.05) is 27.0 Å². The maximum absolute atomic E-state index is 13.0. The Bertz CT molecular complexity index is 705. The summed E-state index contributed by atoms with van der Waals surface area (Å²) in [5.74, 6) is -3.84. The molecule has 0 heterocycles. The minimum atomic E-state index is -1.15. The van der Waals surface area contributed by atoms with Gasteiger partial charge in [0.1, 0.15) is 18.1 Å². The Balaban J connectivity index is 5.48. The molecule has 0 bridgehead atoms. The van der Waals surface area contributed by atoms with E-state index in [4.69, 9.17) is 10.8 Å². The monoisotopic (exact) mass is 504 g/mol. The number of carbonyl (C=O) groups excluding carboxylic acids is 3. The number of carbonyl (C=O) groups is 5. The Morgan fingerprint density at radius 1 is 0.882 bits per heavy atom. The molecule has 0 fully saturated rings. The quantitative estimate of drug-likeness (QED) is 0.164. The summed E-state index contributed by atoms with van der Waals surface area (Å²) in [6.45, 7) is 7.27. The highest BCUT2D eigenvalue weighted by Gasteiger charge is 2.32. The molecule has 0 aliphatic heterocycles. The number of thioether (sulfide) groups is 1. The van der Waals surface area contributed by atoms with E-state index in [1.54, 1.807) is 6.92 Å². The van der Waals surface area contributed by atoms with E-state index in [-0.39, 0.29) is 37.5 Å². The molecule has 0 aliphatic rings. The number of amides is 3.